The summed E-state index contributed by atoms with van der Waals surface area (Å²) >= 11 is 0. The fourth-order valence-corrected chi connectivity index (χ4v) is 2.48. The van der Waals surface area contributed by atoms with Gasteiger partial charge < -0.3 is 20.1 Å². The van der Waals surface area contributed by atoms with Crippen LogP contribution in [0.15, 0.2) is 30.3 Å². The number of benzene rings is 1. The SMILES string of the molecule is CC(C)[NH+](Cc1ccccc1)C(C)(C)C(=O)NCC(=O)[O-]. The number of hydrogen-bond acceptors (Lipinski definition) is 3. The van der Waals surface area contributed by atoms with Crippen LogP contribution in [-0.4, -0.2) is 30.0 Å². The molecule has 5 nitrogen and oxygen atoms in total. The van der Waals surface area contributed by atoms with E-state index in [9.17, 15) is 14.7 Å². The lowest BCUT2D eigenvalue weighted by Gasteiger charge is -2.37. The molecule has 1 amide bonds. The number of amides is 1. The van der Waals surface area contributed by atoms with E-state index >= 15 is 0 Å². The van der Waals surface area contributed by atoms with Crippen LogP contribution in [0.2, 0.25) is 0 Å². The molecule has 5 heteroatoms. The van der Waals surface area contributed by atoms with Crippen LogP contribution in [0.4, 0.5) is 0 Å². The summed E-state index contributed by atoms with van der Waals surface area (Å²) < 4.78 is 0. The van der Waals surface area contributed by atoms with Gasteiger partial charge in [-0.05, 0) is 27.7 Å². The molecule has 1 atom stereocenters. The van der Waals surface area contributed by atoms with Crippen molar-refractivity contribution in [3.8, 4) is 0 Å². The molecule has 0 aliphatic rings. The molecule has 1 rings (SSSR count). The van der Waals surface area contributed by atoms with Gasteiger partial charge in [-0.15, -0.1) is 0 Å². The predicted octanol–water partition coefficient (Wildman–Crippen LogP) is -0.875. The molecule has 0 spiro atoms. The second kappa shape index (κ2) is 7.22. The van der Waals surface area contributed by atoms with Crippen LogP contribution in [0.3, 0.4) is 0 Å². The van der Waals surface area contributed by atoms with Crippen LogP contribution in [0.1, 0.15) is 33.3 Å². The first kappa shape index (κ1) is 17.2. The number of rotatable bonds is 7. The Bertz CT molecular complexity index is 484. The molecule has 0 aliphatic heterocycles. The van der Waals surface area contributed by atoms with Gasteiger partial charge in [-0.25, -0.2) is 0 Å². The number of nitrogens with one attached hydrogen (secondary N) is 2. The van der Waals surface area contributed by atoms with Crippen LogP contribution in [0.25, 0.3) is 0 Å². The summed E-state index contributed by atoms with van der Waals surface area (Å²) in [6, 6.07) is 10.2. The summed E-state index contributed by atoms with van der Waals surface area (Å²) in [6.45, 7) is 7.99. The van der Waals surface area contributed by atoms with Crippen LogP contribution in [0, 0.1) is 0 Å². The van der Waals surface area contributed by atoms with E-state index in [1.807, 2.05) is 58.0 Å². The van der Waals surface area contributed by atoms with E-state index in [0.29, 0.717) is 6.54 Å². The van der Waals surface area contributed by atoms with E-state index in [4.69, 9.17) is 0 Å². The van der Waals surface area contributed by atoms with Gasteiger partial charge in [0.25, 0.3) is 5.91 Å². The van der Waals surface area contributed by atoms with Gasteiger partial charge in [-0.3, -0.25) is 4.79 Å². The zero-order valence-electron chi connectivity index (χ0n) is 13.1. The lowest BCUT2D eigenvalue weighted by Crippen LogP contribution is -3.22. The third kappa shape index (κ3) is 4.86. The van der Waals surface area contributed by atoms with Gasteiger partial charge in [0.05, 0.1) is 18.6 Å². The molecule has 0 aliphatic carbocycles. The minimum absolute atomic E-state index is 0.217. The van der Waals surface area contributed by atoms with Crippen molar-refractivity contribution in [2.75, 3.05) is 6.54 Å². The van der Waals surface area contributed by atoms with E-state index < -0.39 is 18.1 Å². The highest BCUT2D eigenvalue weighted by Gasteiger charge is 2.40. The first-order valence-corrected chi connectivity index (χ1v) is 7.13. The molecule has 1 aromatic rings. The minimum Gasteiger partial charge on any atom is -0.548 e. The van der Waals surface area contributed by atoms with Gasteiger partial charge in [0.15, 0.2) is 5.54 Å². The Morgan fingerprint density at radius 3 is 2.29 bits per heavy atom. The Kier molecular flexibility index (Phi) is 5.90. The van der Waals surface area contributed by atoms with Crippen molar-refractivity contribution in [3.05, 3.63) is 35.9 Å². The van der Waals surface area contributed by atoms with Crippen molar-refractivity contribution in [3.63, 3.8) is 0 Å². The Hall–Kier alpha value is -1.88. The van der Waals surface area contributed by atoms with Crippen LogP contribution < -0.4 is 15.3 Å². The Labute approximate surface area is 126 Å². The van der Waals surface area contributed by atoms with Gasteiger partial charge in [0.2, 0.25) is 0 Å². The van der Waals surface area contributed by atoms with Crippen molar-refractivity contribution in [1.82, 2.24) is 5.32 Å². The number of aliphatic carboxylic acids is 1. The fourth-order valence-electron chi connectivity index (χ4n) is 2.48. The quantitative estimate of drug-likeness (QED) is 0.686. The van der Waals surface area contributed by atoms with Crippen LogP contribution >= 0.6 is 0 Å². The number of carboxylic acids is 1. The Morgan fingerprint density at radius 1 is 1.24 bits per heavy atom. The molecule has 2 N–H and O–H groups in total. The highest BCUT2D eigenvalue weighted by Crippen LogP contribution is 2.03. The van der Waals surface area contributed by atoms with E-state index in [1.165, 1.54) is 0 Å². The zero-order chi connectivity index (χ0) is 16.0. The summed E-state index contributed by atoms with van der Waals surface area (Å²) in [4.78, 5) is 23.8. The first-order valence-electron chi connectivity index (χ1n) is 7.13. The maximum absolute atomic E-state index is 12.3. The topological polar surface area (TPSA) is 73.7 Å². The molecule has 1 unspecified atom stereocenters. The zero-order valence-corrected chi connectivity index (χ0v) is 13.1. The Balaban J connectivity index is 2.87. The van der Waals surface area contributed by atoms with E-state index in [1.54, 1.807) is 0 Å². The number of quaternary nitrogens is 1. The summed E-state index contributed by atoms with van der Waals surface area (Å²) in [5, 5.41) is 12.9. The smallest absolute Gasteiger partial charge is 0.281 e. The van der Waals surface area contributed by atoms with E-state index in [2.05, 4.69) is 5.32 Å². The van der Waals surface area contributed by atoms with Crippen molar-refractivity contribution in [1.29, 1.82) is 0 Å². The van der Waals surface area contributed by atoms with E-state index in [-0.39, 0.29) is 11.9 Å². The molecule has 0 bridgehead atoms. The van der Waals surface area contributed by atoms with Gasteiger partial charge in [0.1, 0.15) is 6.54 Å². The van der Waals surface area contributed by atoms with Crippen LogP contribution in [0.5, 0.6) is 0 Å². The van der Waals surface area contributed by atoms with Crippen molar-refractivity contribution in [2.45, 2.75) is 45.8 Å². The normalized spacial score (nSPS) is 13.0. The third-order valence-electron chi connectivity index (χ3n) is 3.70. The standard InChI is InChI=1S/C16H24N2O3/c1-12(2)18(11-13-8-6-5-7-9-13)16(3,4)15(21)17-10-14(19)20/h5-9,12H,10-11H2,1-4H3,(H,17,21)(H,19,20). The van der Waals surface area contributed by atoms with Crippen molar-refractivity contribution >= 4 is 11.9 Å². The molecule has 0 saturated heterocycles. The number of carboxylic acid groups (broad SMARTS) is 1. The lowest BCUT2D eigenvalue weighted by molar-refractivity contribution is -0.971. The summed E-state index contributed by atoms with van der Waals surface area (Å²) in [5.74, 6) is -1.57. The predicted molar refractivity (Wildman–Crippen MR) is 78.3 cm³/mol. The molecule has 0 aromatic heterocycles. The number of carbonyl (C=O) groups excluding carboxylic acids is 2. The molecule has 0 fully saturated rings. The van der Waals surface area contributed by atoms with Gasteiger partial charge in [0, 0.05) is 5.56 Å². The largest absolute Gasteiger partial charge is 0.548 e. The summed E-state index contributed by atoms with van der Waals surface area (Å²) in [6.07, 6.45) is 0. The summed E-state index contributed by atoms with van der Waals surface area (Å²) in [7, 11) is 0. The molecule has 0 radical (unpaired) electrons. The Morgan fingerprint density at radius 2 is 1.81 bits per heavy atom. The average Bonchev–Trinajstić information content (AvgIpc) is 2.42. The van der Waals surface area contributed by atoms with Crippen molar-refractivity contribution in [2.24, 2.45) is 0 Å². The molecule has 0 saturated carbocycles. The number of hydrogen-bond donors (Lipinski definition) is 2. The van der Waals surface area contributed by atoms with Gasteiger partial charge in [-0.1, -0.05) is 30.3 Å². The summed E-state index contributed by atoms with van der Waals surface area (Å²) in [5.41, 5.74) is 0.404. The molecule has 1 aromatic carbocycles. The van der Waals surface area contributed by atoms with Crippen LogP contribution in [-0.2, 0) is 16.1 Å². The third-order valence-corrected chi connectivity index (χ3v) is 3.70. The maximum atomic E-state index is 12.3. The molecule has 21 heavy (non-hydrogen) atoms. The molecule has 116 valence electrons. The molecular formula is C16H24N2O3. The number of carbonyl (C=O) groups is 2. The highest BCUT2D eigenvalue weighted by atomic mass is 16.4. The van der Waals surface area contributed by atoms with Crippen molar-refractivity contribution < 1.29 is 19.6 Å². The highest BCUT2D eigenvalue weighted by molar-refractivity contribution is 5.86. The molecule has 0 heterocycles. The van der Waals surface area contributed by atoms with Gasteiger partial charge in [-0.2, -0.15) is 0 Å². The minimum atomic E-state index is -1.28. The average molecular weight is 292 g/mol. The van der Waals surface area contributed by atoms with Gasteiger partial charge >= 0.3 is 0 Å². The van der Waals surface area contributed by atoms with E-state index in [0.717, 1.165) is 10.5 Å². The monoisotopic (exact) mass is 292 g/mol. The lowest BCUT2D eigenvalue weighted by atomic mass is 9.98. The second-order valence-electron chi connectivity index (χ2n) is 6.02. The fraction of sp³-hybridized carbons (Fsp3) is 0.500. The molecular weight excluding hydrogens is 268 g/mol. The first-order chi connectivity index (χ1) is 9.75. The maximum Gasteiger partial charge on any atom is 0.281 e. The second-order valence-corrected chi connectivity index (χ2v) is 6.02.